The Morgan fingerprint density at radius 2 is 0.623 bits per heavy atom. The number of rotatable bonds is 52. The van der Waals surface area contributed by atoms with Gasteiger partial charge in [0.05, 0.1) is 0 Å². The summed E-state index contributed by atoms with van der Waals surface area (Å²) in [6.07, 6.45) is 74.6. The van der Waals surface area contributed by atoms with Gasteiger partial charge in [0.25, 0.3) is 0 Å². The standard InChI is InChI=1S/C63H108O6/c1-4-7-10-13-16-19-22-25-26-27-28-29-30-31-32-33-34-35-36-39-41-44-47-50-53-56-62(65)68-59-60(69-63(66)57-54-51-48-45-42-38-24-21-18-15-12-9-6-3)58-67-61(64)55-52-49-46-43-40-37-23-20-17-14-11-8-5-2/h9,11-12,14,18,20-21,23,27-28,38,42,48,51,60H,4-8,10,13,15-17,19,22,24-26,29-37,39-41,43-47,49-50,52-59H2,1-3H3/b12-9-,14-11-,21-18-,23-20-,28-27-,42-38-,51-48-. The normalized spacial score (nSPS) is 12.7. The van der Waals surface area contributed by atoms with Crippen molar-refractivity contribution in [1.82, 2.24) is 0 Å². The number of esters is 3. The molecule has 0 radical (unpaired) electrons. The van der Waals surface area contributed by atoms with E-state index in [1.54, 1.807) is 0 Å². The highest BCUT2D eigenvalue weighted by molar-refractivity contribution is 5.71. The molecule has 1 atom stereocenters. The summed E-state index contributed by atoms with van der Waals surface area (Å²) in [5.74, 6) is -1.00. The van der Waals surface area contributed by atoms with Crippen molar-refractivity contribution in [2.24, 2.45) is 0 Å². The highest BCUT2D eigenvalue weighted by Crippen LogP contribution is 2.16. The summed E-state index contributed by atoms with van der Waals surface area (Å²) in [6.45, 7) is 6.40. The molecular formula is C63H108O6. The second kappa shape index (κ2) is 57.2. The summed E-state index contributed by atoms with van der Waals surface area (Å²) in [5.41, 5.74) is 0. The van der Waals surface area contributed by atoms with Gasteiger partial charge in [-0.3, -0.25) is 14.4 Å². The lowest BCUT2D eigenvalue weighted by atomic mass is 10.0. The predicted octanol–water partition coefficient (Wildman–Crippen LogP) is 19.5. The molecule has 0 N–H and O–H groups in total. The molecule has 6 nitrogen and oxygen atoms in total. The van der Waals surface area contributed by atoms with Crippen molar-refractivity contribution >= 4 is 17.9 Å². The van der Waals surface area contributed by atoms with Crippen LogP contribution in [0.1, 0.15) is 278 Å². The Balaban J connectivity index is 4.30. The van der Waals surface area contributed by atoms with Crippen LogP contribution < -0.4 is 0 Å². The van der Waals surface area contributed by atoms with E-state index in [2.05, 4.69) is 93.7 Å². The molecule has 0 rings (SSSR count). The van der Waals surface area contributed by atoms with Gasteiger partial charge in [-0.05, 0) is 96.3 Å². The first-order valence-corrected chi connectivity index (χ1v) is 29.1. The monoisotopic (exact) mass is 961 g/mol. The van der Waals surface area contributed by atoms with Crippen LogP contribution in [0, 0.1) is 0 Å². The Bertz CT molecular complexity index is 1330. The highest BCUT2D eigenvalue weighted by Gasteiger charge is 2.19. The molecule has 0 fully saturated rings. The third-order valence-corrected chi connectivity index (χ3v) is 12.3. The van der Waals surface area contributed by atoms with E-state index in [1.807, 2.05) is 12.2 Å². The molecule has 0 saturated heterocycles. The Kier molecular flexibility index (Phi) is 54.3. The van der Waals surface area contributed by atoms with Gasteiger partial charge >= 0.3 is 17.9 Å². The third kappa shape index (κ3) is 55.4. The first kappa shape index (κ1) is 65.6. The minimum atomic E-state index is -0.820. The van der Waals surface area contributed by atoms with Gasteiger partial charge in [-0.25, -0.2) is 0 Å². The summed E-state index contributed by atoms with van der Waals surface area (Å²) in [6, 6.07) is 0. The molecule has 1 unspecified atom stereocenters. The molecule has 0 aliphatic heterocycles. The summed E-state index contributed by atoms with van der Waals surface area (Å²) in [5, 5.41) is 0. The van der Waals surface area contributed by atoms with E-state index in [0.717, 1.165) is 96.3 Å². The van der Waals surface area contributed by atoms with Gasteiger partial charge in [-0.1, -0.05) is 247 Å². The molecule has 396 valence electrons. The fourth-order valence-corrected chi connectivity index (χ4v) is 8.02. The number of unbranched alkanes of at least 4 members (excludes halogenated alkanes) is 27. The summed E-state index contributed by atoms with van der Waals surface area (Å²) < 4.78 is 16.8. The maximum atomic E-state index is 12.8. The molecule has 0 spiro atoms. The van der Waals surface area contributed by atoms with E-state index in [0.29, 0.717) is 19.3 Å². The van der Waals surface area contributed by atoms with Gasteiger partial charge in [0.15, 0.2) is 6.10 Å². The first-order valence-electron chi connectivity index (χ1n) is 29.1. The first-order chi connectivity index (χ1) is 34.0. The van der Waals surface area contributed by atoms with Gasteiger partial charge in [-0.2, -0.15) is 0 Å². The molecule has 0 aromatic rings. The number of hydrogen-bond acceptors (Lipinski definition) is 6. The average molecular weight is 962 g/mol. The maximum Gasteiger partial charge on any atom is 0.306 e. The molecule has 0 amide bonds. The molecule has 0 aliphatic rings. The second-order valence-electron chi connectivity index (χ2n) is 19.2. The van der Waals surface area contributed by atoms with Crippen LogP contribution in [0.5, 0.6) is 0 Å². The van der Waals surface area contributed by atoms with Crippen molar-refractivity contribution in [2.45, 2.75) is 284 Å². The van der Waals surface area contributed by atoms with Crippen molar-refractivity contribution in [3.63, 3.8) is 0 Å². The van der Waals surface area contributed by atoms with Crippen molar-refractivity contribution in [3.8, 4) is 0 Å². The van der Waals surface area contributed by atoms with Crippen LogP contribution >= 0.6 is 0 Å². The lowest BCUT2D eigenvalue weighted by Gasteiger charge is -2.18. The van der Waals surface area contributed by atoms with E-state index < -0.39 is 12.1 Å². The van der Waals surface area contributed by atoms with Crippen LogP contribution in [0.2, 0.25) is 0 Å². The SMILES string of the molecule is CC/C=C\C/C=C\C/C=C\C/C=C\CCC(=O)OC(COC(=O)CCCCCCC/C=C\C/C=C\CCC)COC(=O)CCCCCCCCCCCCCCC/C=C\CCCCCCCCCC. The van der Waals surface area contributed by atoms with Crippen LogP contribution in [0.3, 0.4) is 0 Å². The Morgan fingerprint density at radius 1 is 0.304 bits per heavy atom. The van der Waals surface area contributed by atoms with Gasteiger partial charge in [0.2, 0.25) is 0 Å². The van der Waals surface area contributed by atoms with Gasteiger partial charge in [0, 0.05) is 19.3 Å². The van der Waals surface area contributed by atoms with Gasteiger partial charge < -0.3 is 14.2 Å². The van der Waals surface area contributed by atoms with Crippen LogP contribution in [-0.2, 0) is 28.6 Å². The molecule has 0 bridgehead atoms. The Hall–Kier alpha value is -3.41. The highest BCUT2D eigenvalue weighted by atomic mass is 16.6. The molecular weight excluding hydrogens is 853 g/mol. The minimum Gasteiger partial charge on any atom is -0.462 e. The summed E-state index contributed by atoms with van der Waals surface area (Å²) in [4.78, 5) is 38.0. The molecule has 69 heavy (non-hydrogen) atoms. The smallest absolute Gasteiger partial charge is 0.306 e. The van der Waals surface area contributed by atoms with E-state index >= 15 is 0 Å². The Morgan fingerprint density at radius 3 is 1.01 bits per heavy atom. The van der Waals surface area contributed by atoms with E-state index in [4.69, 9.17) is 14.2 Å². The fraction of sp³-hybridized carbons (Fsp3) is 0.730. The minimum absolute atomic E-state index is 0.109. The van der Waals surface area contributed by atoms with Crippen molar-refractivity contribution in [1.29, 1.82) is 0 Å². The van der Waals surface area contributed by atoms with Crippen LogP contribution in [0.15, 0.2) is 85.1 Å². The molecule has 0 aromatic heterocycles. The van der Waals surface area contributed by atoms with E-state index in [-0.39, 0.29) is 31.6 Å². The molecule has 6 heteroatoms. The van der Waals surface area contributed by atoms with E-state index in [9.17, 15) is 14.4 Å². The lowest BCUT2D eigenvalue weighted by molar-refractivity contribution is -0.166. The predicted molar refractivity (Wildman–Crippen MR) is 297 cm³/mol. The zero-order valence-corrected chi connectivity index (χ0v) is 45.3. The van der Waals surface area contributed by atoms with Gasteiger partial charge in [0.1, 0.15) is 13.2 Å². The molecule has 0 aliphatic carbocycles. The number of carbonyl (C=O) groups excluding carboxylic acids is 3. The van der Waals surface area contributed by atoms with Crippen LogP contribution in [-0.4, -0.2) is 37.2 Å². The fourth-order valence-electron chi connectivity index (χ4n) is 8.02. The van der Waals surface area contributed by atoms with Crippen molar-refractivity contribution < 1.29 is 28.6 Å². The molecule has 0 saturated carbocycles. The summed E-state index contributed by atoms with van der Waals surface area (Å²) in [7, 11) is 0. The number of hydrogen-bond donors (Lipinski definition) is 0. The zero-order valence-electron chi connectivity index (χ0n) is 45.3. The van der Waals surface area contributed by atoms with Gasteiger partial charge in [-0.15, -0.1) is 0 Å². The molecule has 0 heterocycles. The molecule has 0 aromatic carbocycles. The summed E-state index contributed by atoms with van der Waals surface area (Å²) >= 11 is 0. The third-order valence-electron chi connectivity index (χ3n) is 12.3. The Labute approximate surface area is 426 Å². The maximum absolute atomic E-state index is 12.8. The largest absolute Gasteiger partial charge is 0.462 e. The quantitative estimate of drug-likeness (QED) is 0.0262. The number of allylic oxidation sites excluding steroid dienone is 14. The van der Waals surface area contributed by atoms with Crippen LogP contribution in [0.25, 0.3) is 0 Å². The van der Waals surface area contributed by atoms with E-state index in [1.165, 1.54) is 135 Å². The number of carbonyl (C=O) groups is 3. The van der Waals surface area contributed by atoms with Crippen LogP contribution in [0.4, 0.5) is 0 Å². The topological polar surface area (TPSA) is 78.9 Å². The number of ether oxygens (including phenoxy) is 3. The average Bonchev–Trinajstić information content (AvgIpc) is 3.35. The van der Waals surface area contributed by atoms with Crippen molar-refractivity contribution in [3.05, 3.63) is 85.1 Å². The zero-order chi connectivity index (χ0) is 50.0. The lowest BCUT2D eigenvalue weighted by Crippen LogP contribution is -2.30. The second-order valence-corrected chi connectivity index (χ2v) is 19.2. The van der Waals surface area contributed by atoms with Crippen molar-refractivity contribution in [2.75, 3.05) is 13.2 Å².